The zero-order valence-electron chi connectivity index (χ0n) is 12.5. The van der Waals surface area contributed by atoms with Crippen LogP contribution in [-0.4, -0.2) is 18.0 Å². The molecular weight excluding hydrogens is 276 g/mol. The molecule has 2 aromatic carbocycles. The summed E-state index contributed by atoms with van der Waals surface area (Å²) < 4.78 is 5.31. The lowest BCUT2D eigenvalue weighted by atomic mass is 10.1. The molecule has 0 spiro atoms. The number of hydrogen-bond donors (Lipinski definition) is 1. The summed E-state index contributed by atoms with van der Waals surface area (Å²) in [6, 6.07) is 14.9. The number of ether oxygens (including phenoxy) is 1. The van der Waals surface area contributed by atoms with E-state index in [2.05, 4.69) is 10.3 Å². The van der Waals surface area contributed by atoms with Gasteiger partial charge in [0.25, 0.3) is 5.91 Å². The number of pyridine rings is 1. The smallest absolute Gasteiger partial charge is 0.255 e. The van der Waals surface area contributed by atoms with Gasteiger partial charge in [-0.1, -0.05) is 17.7 Å². The lowest BCUT2D eigenvalue weighted by Gasteiger charge is -2.11. The molecule has 0 aliphatic carbocycles. The van der Waals surface area contributed by atoms with Crippen LogP contribution in [0.15, 0.2) is 54.7 Å². The molecule has 4 nitrogen and oxygen atoms in total. The van der Waals surface area contributed by atoms with Crippen LogP contribution in [0.3, 0.4) is 0 Å². The van der Waals surface area contributed by atoms with E-state index in [9.17, 15) is 4.79 Å². The van der Waals surface area contributed by atoms with E-state index in [0.29, 0.717) is 11.3 Å². The number of amides is 1. The molecule has 0 aliphatic heterocycles. The van der Waals surface area contributed by atoms with Crippen molar-refractivity contribution < 1.29 is 9.53 Å². The van der Waals surface area contributed by atoms with E-state index in [-0.39, 0.29) is 5.91 Å². The number of fused-ring (bicyclic) bond motifs is 1. The van der Waals surface area contributed by atoms with Crippen LogP contribution in [-0.2, 0) is 0 Å². The highest BCUT2D eigenvalue weighted by Crippen LogP contribution is 2.29. The second-order valence-corrected chi connectivity index (χ2v) is 5.04. The van der Waals surface area contributed by atoms with E-state index in [1.165, 1.54) is 0 Å². The highest BCUT2D eigenvalue weighted by Gasteiger charge is 2.11. The van der Waals surface area contributed by atoms with Crippen LogP contribution in [0, 0.1) is 6.92 Å². The van der Waals surface area contributed by atoms with Crippen LogP contribution in [0.2, 0.25) is 0 Å². The van der Waals surface area contributed by atoms with E-state index < -0.39 is 0 Å². The molecule has 0 aliphatic rings. The molecule has 1 heterocycles. The minimum Gasteiger partial charge on any atom is -0.494 e. The van der Waals surface area contributed by atoms with E-state index in [1.807, 2.05) is 43.3 Å². The molecule has 22 heavy (non-hydrogen) atoms. The van der Waals surface area contributed by atoms with Gasteiger partial charge in [-0.05, 0) is 43.3 Å². The highest BCUT2D eigenvalue weighted by molar-refractivity contribution is 6.09. The molecule has 0 unspecified atom stereocenters. The van der Waals surface area contributed by atoms with Crippen molar-refractivity contribution in [1.82, 2.24) is 4.98 Å². The largest absolute Gasteiger partial charge is 0.494 e. The average molecular weight is 292 g/mol. The maximum atomic E-state index is 12.4. The Balaban J connectivity index is 1.99. The molecule has 0 saturated carbocycles. The Morgan fingerprint density at radius 3 is 2.77 bits per heavy atom. The zero-order chi connectivity index (χ0) is 15.5. The number of aryl methyl sites for hydroxylation is 1. The monoisotopic (exact) mass is 292 g/mol. The number of benzene rings is 2. The first-order valence-corrected chi connectivity index (χ1v) is 6.99. The minimum absolute atomic E-state index is 0.140. The van der Waals surface area contributed by atoms with Gasteiger partial charge in [-0.2, -0.15) is 0 Å². The summed E-state index contributed by atoms with van der Waals surface area (Å²) in [5, 5.41) is 3.80. The number of rotatable bonds is 3. The Morgan fingerprint density at radius 2 is 2.00 bits per heavy atom. The molecular formula is C18H16N2O2. The third-order valence-electron chi connectivity index (χ3n) is 3.48. The predicted octanol–water partition coefficient (Wildman–Crippen LogP) is 3.80. The normalized spacial score (nSPS) is 10.5. The van der Waals surface area contributed by atoms with Gasteiger partial charge in [0.2, 0.25) is 0 Å². The molecule has 0 bridgehead atoms. The topological polar surface area (TPSA) is 51.2 Å². The number of methoxy groups -OCH3 is 1. The van der Waals surface area contributed by atoms with Crippen molar-refractivity contribution in [3.8, 4) is 5.75 Å². The summed E-state index contributed by atoms with van der Waals surface area (Å²) in [5.41, 5.74) is 3.13. The predicted molar refractivity (Wildman–Crippen MR) is 87.4 cm³/mol. The third-order valence-corrected chi connectivity index (χ3v) is 3.48. The van der Waals surface area contributed by atoms with Gasteiger partial charge in [-0.15, -0.1) is 0 Å². The van der Waals surface area contributed by atoms with Crippen LogP contribution >= 0.6 is 0 Å². The molecule has 110 valence electrons. The Morgan fingerprint density at radius 1 is 1.14 bits per heavy atom. The van der Waals surface area contributed by atoms with Crippen LogP contribution in [0.25, 0.3) is 10.9 Å². The molecule has 1 N–H and O–H groups in total. The molecule has 3 aromatic rings. The molecule has 4 heteroatoms. The Labute approximate surface area is 128 Å². The summed E-state index contributed by atoms with van der Waals surface area (Å²) in [5.74, 6) is 0.545. The van der Waals surface area contributed by atoms with Crippen molar-refractivity contribution in [3.63, 3.8) is 0 Å². The van der Waals surface area contributed by atoms with Crippen LogP contribution in [0.5, 0.6) is 5.75 Å². The van der Waals surface area contributed by atoms with E-state index in [4.69, 9.17) is 4.74 Å². The highest BCUT2D eigenvalue weighted by atomic mass is 16.5. The van der Waals surface area contributed by atoms with Crippen molar-refractivity contribution in [3.05, 3.63) is 65.9 Å². The Hall–Kier alpha value is -2.88. The average Bonchev–Trinajstić information content (AvgIpc) is 2.55. The molecule has 0 saturated heterocycles. The Bertz CT molecular complexity index is 843. The number of carbonyl (C=O) groups is 1. The van der Waals surface area contributed by atoms with Gasteiger partial charge in [0.15, 0.2) is 0 Å². The van der Waals surface area contributed by atoms with Gasteiger partial charge in [-0.25, -0.2) is 0 Å². The van der Waals surface area contributed by atoms with E-state index in [0.717, 1.165) is 22.2 Å². The maximum absolute atomic E-state index is 12.4. The summed E-state index contributed by atoms with van der Waals surface area (Å²) in [4.78, 5) is 16.7. The third kappa shape index (κ3) is 2.63. The molecule has 3 rings (SSSR count). The SMILES string of the molecule is COc1ccc(NC(=O)c2cccc(C)c2)c2cccnc12. The molecule has 0 radical (unpaired) electrons. The first kappa shape index (κ1) is 14.1. The van der Waals surface area contributed by atoms with Crippen molar-refractivity contribution in [2.45, 2.75) is 6.92 Å². The Kier molecular flexibility index (Phi) is 3.74. The first-order valence-electron chi connectivity index (χ1n) is 6.99. The first-order chi connectivity index (χ1) is 10.7. The number of nitrogens with one attached hydrogen (secondary N) is 1. The minimum atomic E-state index is -0.140. The number of aromatic nitrogens is 1. The van der Waals surface area contributed by atoms with Gasteiger partial charge in [0.1, 0.15) is 11.3 Å². The van der Waals surface area contributed by atoms with Crippen LogP contribution < -0.4 is 10.1 Å². The van der Waals surface area contributed by atoms with Crippen molar-refractivity contribution in [2.24, 2.45) is 0 Å². The fourth-order valence-corrected chi connectivity index (χ4v) is 2.40. The van der Waals surface area contributed by atoms with Gasteiger partial charge < -0.3 is 10.1 Å². The van der Waals surface area contributed by atoms with E-state index >= 15 is 0 Å². The fourth-order valence-electron chi connectivity index (χ4n) is 2.40. The summed E-state index contributed by atoms with van der Waals surface area (Å²) in [7, 11) is 1.61. The summed E-state index contributed by atoms with van der Waals surface area (Å²) >= 11 is 0. The van der Waals surface area contributed by atoms with Crippen molar-refractivity contribution in [1.29, 1.82) is 0 Å². The summed E-state index contributed by atoms with van der Waals surface area (Å²) in [6.45, 7) is 1.96. The van der Waals surface area contributed by atoms with Crippen LogP contribution in [0.1, 0.15) is 15.9 Å². The molecule has 1 aromatic heterocycles. The van der Waals surface area contributed by atoms with Gasteiger partial charge >= 0.3 is 0 Å². The van der Waals surface area contributed by atoms with Crippen LogP contribution in [0.4, 0.5) is 5.69 Å². The van der Waals surface area contributed by atoms with Crippen molar-refractivity contribution in [2.75, 3.05) is 12.4 Å². The number of nitrogens with zero attached hydrogens (tertiary/aromatic N) is 1. The fraction of sp³-hybridized carbons (Fsp3) is 0.111. The van der Waals surface area contributed by atoms with Crippen molar-refractivity contribution >= 4 is 22.5 Å². The molecule has 0 atom stereocenters. The number of carbonyl (C=O) groups excluding carboxylic acids is 1. The lowest BCUT2D eigenvalue weighted by molar-refractivity contribution is 0.102. The zero-order valence-corrected chi connectivity index (χ0v) is 12.5. The lowest BCUT2D eigenvalue weighted by Crippen LogP contribution is -2.12. The quantitative estimate of drug-likeness (QED) is 0.798. The van der Waals surface area contributed by atoms with Gasteiger partial charge in [-0.3, -0.25) is 9.78 Å². The molecule has 0 fully saturated rings. The van der Waals surface area contributed by atoms with Gasteiger partial charge in [0, 0.05) is 17.1 Å². The number of anilines is 1. The maximum Gasteiger partial charge on any atom is 0.255 e. The number of hydrogen-bond acceptors (Lipinski definition) is 3. The second kappa shape index (κ2) is 5.85. The standard InChI is InChI=1S/C18H16N2O2/c1-12-5-3-6-13(11-12)18(21)20-15-8-9-16(22-2)17-14(15)7-4-10-19-17/h3-11H,1-2H3,(H,20,21). The molecule has 1 amide bonds. The second-order valence-electron chi connectivity index (χ2n) is 5.04. The van der Waals surface area contributed by atoms with E-state index in [1.54, 1.807) is 25.4 Å². The van der Waals surface area contributed by atoms with Gasteiger partial charge in [0.05, 0.1) is 12.8 Å². The summed E-state index contributed by atoms with van der Waals surface area (Å²) in [6.07, 6.45) is 1.71.